The van der Waals surface area contributed by atoms with Gasteiger partial charge < -0.3 is 19.9 Å². The van der Waals surface area contributed by atoms with E-state index in [1.54, 1.807) is 17.9 Å². The van der Waals surface area contributed by atoms with Gasteiger partial charge in [-0.15, -0.1) is 0 Å². The zero-order chi connectivity index (χ0) is 19.1. The van der Waals surface area contributed by atoms with Crippen LogP contribution < -0.4 is 10.1 Å². The van der Waals surface area contributed by atoms with Crippen LogP contribution in [0.5, 0.6) is 5.75 Å². The Morgan fingerprint density at radius 2 is 1.96 bits per heavy atom. The number of nitrogens with zero attached hydrogens (tertiary/aromatic N) is 3. The molecule has 1 aliphatic rings. The average molecular weight is 389 g/mol. The third kappa shape index (κ3) is 5.72. The number of carbonyl (C=O) groups is 1. The van der Waals surface area contributed by atoms with Crippen LogP contribution in [-0.4, -0.2) is 61.0 Å². The maximum Gasteiger partial charge on any atom is 0.387 e. The van der Waals surface area contributed by atoms with E-state index >= 15 is 0 Å². The van der Waals surface area contributed by atoms with E-state index in [0.29, 0.717) is 49.3 Å². The highest BCUT2D eigenvalue weighted by molar-refractivity contribution is 6.30. The predicted molar refractivity (Wildman–Crippen MR) is 96.7 cm³/mol. The summed E-state index contributed by atoms with van der Waals surface area (Å²) in [5.41, 5.74) is 0.482. The molecule has 0 unspecified atom stereocenters. The average Bonchev–Trinajstić information content (AvgIpc) is 2.60. The number of aliphatic imine (C=N–C) groups is 1. The van der Waals surface area contributed by atoms with Crippen molar-refractivity contribution in [2.45, 2.75) is 27.0 Å². The fourth-order valence-corrected chi connectivity index (χ4v) is 2.90. The van der Waals surface area contributed by atoms with Crippen molar-refractivity contribution >= 4 is 23.5 Å². The number of guanidine groups is 1. The quantitative estimate of drug-likeness (QED) is 0.622. The zero-order valence-corrected chi connectivity index (χ0v) is 15.6. The second kappa shape index (κ2) is 9.56. The van der Waals surface area contributed by atoms with Crippen molar-refractivity contribution in [2.75, 3.05) is 32.7 Å². The number of hydrogen-bond acceptors (Lipinski definition) is 3. The van der Waals surface area contributed by atoms with Crippen LogP contribution in [0.4, 0.5) is 8.78 Å². The van der Waals surface area contributed by atoms with Crippen molar-refractivity contribution in [3.05, 3.63) is 28.8 Å². The van der Waals surface area contributed by atoms with E-state index in [-0.39, 0.29) is 18.2 Å². The summed E-state index contributed by atoms with van der Waals surface area (Å²) in [7, 11) is 0. The van der Waals surface area contributed by atoms with E-state index in [9.17, 15) is 13.6 Å². The van der Waals surface area contributed by atoms with Crippen LogP contribution in [0.3, 0.4) is 0 Å². The number of alkyl halides is 2. The van der Waals surface area contributed by atoms with Gasteiger partial charge in [-0.05, 0) is 25.1 Å². The molecule has 0 atom stereocenters. The molecule has 144 valence electrons. The van der Waals surface area contributed by atoms with E-state index in [2.05, 4.69) is 15.0 Å². The number of amides is 1. The van der Waals surface area contributed by atoms with Crippen LogP contribution in [0.2, 0.25) is 5.02 Å². The van der Waals surface area contributed by atoms with Gasteiger partial charge in [-0.2, -0.15) is 8.78 Å². The summed E-state index contributed by atoms with van der Waals surface area (Å²) < 4.78 is 29.7. The van der Waals surface area contributed by atoms with E-state index in [1.807, 2.05) is 11.8 Å². The minimum atomic E-state index is -2.91. The number of benzene rings is 1. The molecule has 0 bridgehead atoms. The number of nitrogens with one attached hydrogen (secondary N) is 1. The summed E-state index contributed by atoms with van der Waals surface area (Å²) >= 11 is 5.97. The molecular formula is C17H23ClF2N4O2. The second-order valence-electron chi connectivity index (χ2n) is 5.79. The lowest BCUT2D eigenvalue weighted by Gasteiger charge is -2.36. The zero-order valence-electron chi connectivity index (χ0n) is 14.8. The monoisotopic (exact) mass is 388 g/mol. The molecule has 6 nitrogen and oxygen atoms in total. The summed E-state index contributed by atoms with van der Waals surface area (Å²) in [6, 6.07) is 4.48. The SMILES string of the molecule is CCNC(=NCc1cc(Cl)ccc1OC(F)F)N1CCN(C(C)=O)CC1. The van der Waals surface area contributed by atoms with Crippen molar-refractivity contribution in [1.29, 1.82) is 0 Å². The third-order valence-corrected chi connectivity index (χ3v) is 4.23. The van der Waals surface area contributed by atoms with Crippen molar-refractivity contribution in [2.24, 2.45) is 4.99 Å². The minimum Gasteiger partial charge on any atom is -0.434 e. The molecule has 1 N–H and O–H groups in total. The predicted octanol–water partition coefficient (Wildman–Crippen LogP) is 2.57. The summed E-state index contributed by atoms with van der Waals surface area (Å²) in [4.78, 5) is 19.8. The molecule has 1 aromatic carbocycles. The molecule has 2 rings (SSSR count). The van der Waals surface area contributed by atoms with Crippen molar-refractivity contribution in [3.63, 3.8) is 0 Å². The van der Waals surface area contributed by atoms with E-state index in [0.717, 1.165) is 0 Å². The molecule has 0 radical (unpaired) electrons. The Kier molecular flexibility index (Phi) is 7.44. The first-order chi connectivity index (χ1) is 12.4. The molecule has 9 heteroatoms. The Hall–Kier alpha value is -2.09. The highest BCUT2D eigenvalue weighted by Crippen LogP contribution is 2.25. The highest BCUT2D eigenvalue weighted by atomic mass is 35.5. The van der Waals surface area contributed by atoms with Gasteiger partial charge in [0, 0.05) is 50.2 Å². The van der Waals surface area contributed by atoms with Crippen molar-refractivity contribution in [3.8, 4) is 5.75 Å². The Bertz CT molecular complexity index is 650. The van der Waals surface area contributed by atoms with Gasteiger partial charge in [0.15, 0.2) is 5.96 Å². The van der Waals surface area contributed by atoms with Crippen LogP contribution in [0.1, 0.15) is 19.4 Å². The lowest BCUT2D eigenvalue weighted by Crippen LogP contribution is -2.53. The number of rotatable bonds is 5. The molecule has 1 aliphatic heterocycles. The molecule has 0 saturated carbocycles. The molecule has 1 amide bonds. The maximum absolute atomic E-state index is 12.6. The second-order valence-corrected chi connectivity index (χ2v) is 6.23. The maximum atomic E-state index is 12.6. The number of carbonyl (C=O) groups excluding carboxylic acids is 1. The molecule has 1 aromatic rings. The molecule has 0 spiro atoms. The smallest absolute Gasteiger partial charge is 0.387 e. The van der Waals surface area contributed by atoms with Gasteiger partial charge in [0.05, 0.1) is 6.54 Å². The molecule has 0 aliphatic carbocycles. The topological polar surface area (TPSA) is 57.2 Å². The molecule has 1 fully saturated rings. The number of ether oxygens (including phenoxy) is 1. The lowest BCUT2D eigenvalue weighted by molar-refractivity contribution is -0.130. The summed E-state index contributed by atoms with van der Waals surface area (Å²) in [5, 5.41) is 3.62. The van der Waals surface area contributed by atoms with Crippen LogP contribution in [0.25, 0.3) is 0 Å². The van der Waals surface area contributed by atoms with Crippen LogP contribution in [-0.2, 0) is 11.3 Å². The summed E-state index contributed by atoms with van der Waals surface area (Å²) in [6.07, 6.45) is 0. The van der Waals surface area contributed by atoms with Gasteiger partial charge in [-0.25, -0.2) is 4.99 Å². The Morgan fingerprint density at radius 1 is 1.31 bits per heavy atom. The molecule has 26 heavy (non-hydrogen) atoms. The van der Waals surface area contributed by atoms with Crippen molar-refractivity contribution in [1.82, 2.24) is 15.1 Å². The summed E-state index contributed by atoms with van der Waals surface area (Å²) in [5.74, 6) is 0.781. The lowest BCUT2D eigenvalue weighted by atomic mass is 10.2. The Labute approximate surface area is 156 Å². The third-order valence-electron chi connectivity index (χ3n) is 4.00. The van der Waals surface area contributed by atoms with Crippen LogP contribution in [0.15, 0.2) is 23.2 Å². The first kappa shape index (κ1) is 20.2. The first-order valence-electron chi connectivity index (χ1n) is 8.42. The van der Waals surface area contributed by atoms with E-state index in [1.165, 1.54) is 12.1 Å². The number of halogens is 3. The van der Waals surface area contributed by atoms with E-state index < -0.39 is 6.61 Å². The van der Waals surface area contributed by atoms with Gasteiger partial charge in [0.25, 0.3) is 0 Å². The van der Waals surface area contributed by atoms with Gasteiger partial charge >= 0.3 is 6.61 Å². The first-order valence-corrected chi connectivity index (χ1v) is 8.80. The van der Waals surface area contributed by atoms with Gasteiger partial charge in [-0.3, -0.25) is 4.79 Å². The standard InChI is InChI=1S/C17H23ClF2N4O2/c1-3-21-17(24-8-6-23(7-9-24)12(2)25)22-11-13-10-14(18)4-5-15(13)26-16(19)20/h4-5,10,16H,3,6-9,11H2,1-2H3,(H,21,22). The largest absolute Gasteiger partial charge is 0.434 e. The minimum absolute atomic E-state index is 0.0549. The molecule has 0 aromatic heterocycles. The molecule has 1 saturated heterocycles. The van der Waals surface area contributed by atoms with E-state index in [4.69, 9.17) is 11.6 Å². The Morgan fingerprint density at radius 3 is 2.54 bits per heavy atom. The normalized spacial score (nSPS) is 15.4. The van der Waals surface area contributed by atoms with Crippen LogP contribution in [0, 0.1) is 0 Å². The fourth-order valence-electron chi connectivity index (χ4n) is 2.70. The van der Waals surface area contributed by atoms with Gasteiger partial charge in [0.2, 0.25) is 5.91 Å². The summed E-state index contributed by atoms with van der Waals surface area (Å²) in [6.45, 7) is 3.96. The van der Waals surface area contributed by atoms with Crippen LogP contribution >= 0.6 is 11.6 Å². The molecule has 1 heterocycles. The number of piperazine rings is 1. The van der Waals surface area contributed by atoms with Gasteiger partial charge in [0.1, 0.15) is 5.75 Å². The Balaban J connectivity index is 2.12. The van der Waals surface area contributed by atoms with Gasteiger partial charge in [-0.1, -0.05) is 11.6 Å². The highest BCUT2D eigenvalue weighted by Gasteiger charge is 2.21. The molecular weight excluding hydrogens is 366 g/mol. The fraction of sp³-hybridized carbons (Fsp3) is 0.529. The number of hydrogen-bond donors (Lipinski definition) is 1. The van der Waals surface area contributed by atoms with Crippen molar-refractivity contribution < 1.29 is 18.3 Å².